The van der Waals surface area contributed by atoms with Crippen molar-refractivity contribution in [2.75, 3.05) is 5.32 Å². The number of hydrogen-bond acceptors (Lipinski definition) is 5. The minimum atomic E-state index is -0.277. The predicted molar refractivity (Wildman–Crippen MR) is 101 cm³/mol. The lowest BCUT2D eigenvalue weighted by Crippen LogP contribution is -2.27. The van der Waals surface area contributed by atoms with Crippen LogP contribution in [0.15, 0.2) is 48.8 Å². The van der Waals surface area contributed by atoms with E-state index in [1.165, 1.54) is 0 Å². The number of hydrogen-bond donors (Lipinski definition) is 2. The molecule has 27 heavy (non-hydrogen) atoms. The first-order chi connectivity index (χ1) is 13.1. The molecule has 0 spiro atoms. The van der Waals surface area contributed by atoms with Crippen molar-refractivity contribution in [3.05, 3.63) is 60.0 Å². The average molecular weight is 361 g/mol. The number of carbonyl (C=O) groups excluding carboxylic acids is 2. The summed E-state index contributed by atoms with van der Waals surface area (Å²) < 4.78 is 0. The maximum atomic E-state index is 12.5. The molecule has 2 heterocycles. The number of amides is 2. The molecule has 7 heteroatoms. The summed E-state index contributed by atoms with van der Waals surface area (Å²) in [6.07, 6.45) is 5.08. The van der Waals surface area contributed by atoms with Crippen LogP contribution in [0.5, 0.6) is 0 Å². The van der Waals surface area contributed by atoms with E-state index < -0.39 is 0 Å². The lowest BCUT2D eigenvalue weighted by Gasteiger charge is -2.15. The number of fused-ring (bicyclic) bond motifs is 1. The fourth-order valence-corrected chi connectivity index (χ4v) is 2.78. The van der Waals surface area contributed by atoms with Gasteiger partial charge in [0.05, 0.1) is 6.04 Å². The Kier molecular flexibility index (Phi) is 4.50. The maximum absolute atomic E-state index is 12.5. The number of pyridine rings is 1. The molecule has 0 unspecified atom stereocenters. The summed E-state index contributed by atoms with van der Waals surface area (Å²) in [5, 5.41) is 5.83. The number of nitrogens with zero attached hydrogens (tertiary/aromatic N) is 3. The van der Waals surface area contributed by atoms with E-state index >= 15 is 0 Å². The molecule has 2 amide bonds. The van der Waals surface area contributed by atoms with Gasteiger partial charge in [-0.15, -0.1) is 0 Å². The number of carbonyl (C=O) groups is 2. The Morgan fingerprint density at radius 1 is 1.04 bits per heavy atom. The zero-order valence-electron chi connectivity index (χ0n) is 14.8. The fourth-order valence-electron chi connectivity index (χ4n) is 2.78. The molecule has 1 aromatic carbocycles. The van der Waals surface area contributed by atoms with Crippen LogP contribution < -0.4 is 10.6 Å². The first-order valence-corrected chi connectivity index (χ1v) is 8.89. The maximum Gasteiger partial charge on any atom is 0.270 e. The zero-order chi connectivity index (χ0) is 18.8. The topological polar surface area (TPSA) is 96.9 Å². The van der Waals surface area contributed by atoms with Gasteiger partial charge in [-0.05, 0) is 49.6 Å². The number of anilines is 1. The van der Waals surface area contributed by atoms with Crippen molar-refractivity contribution in [3.63, 3.8) is 0 Å². The van der Waals surface area contributed by atoms with Crippen LogP contribution in [0.2, 0.25) is 0 Å². The second-order valence-corrected chi connectivity index (χ2v) is 6.68. The van der Waals surface area contributed by atoms with Gasteiger partial charge < -0.3 is 10.6 Å². The first-order valence-electron chi connectivity index (χ1n) is 8.89. The molecule has 4 rings (SSSR count). The molecule has 7 nitrogen and oxygen atoms in total. The Labute approximate surface area is 156 Å². The molecule has 3 aromatic rings. The van der Waals surface area contributed by atoms with Crippen molar-refractivity contribution in [2.24, 2.45) is 5.92 Å². The molecule has 2 N–H and O–H groups in total. The second kappa shape index (κ2) is 7.11. The highest BCUT2D eigenvalue weighted by Gasteiger charge is 2.29. The molecule has 1 fully saturated rings. The number of aromatic nitrogens is 3. The third-order valence-corrected chi connectivity index (χ3v) is 4.54. The van der Waals surface area contributed by atoms with Crippen molar-refractivity contribution in [1.82, 2.24) is 20.3 Å². The Morgan fingerprint density at radius 2 is 1.78 bits per heavy atom. The van der Waals surface area contributed by atoms with Crippen molar-refractivity contribution in [1.29, 1.82) is 0 Å². The third kappa shape index (κ3) is 3.92. The summed E-state index contributed by atoms with van der Waals surface area (Å²) in [5.74, 6) is -0.0298. The standard InChI is InChI=1S/C20H19N5O2/c1-12(13-4-6-15(7-5-13)24-19(26)14-2-3-14)23-20(27)17-9-8-16-18(25-17)22-11-10-21-16/h4-12,14H,2-3H2,1H3,(H,23,27)(H,24,26)/t12-/m1/s1. The molecule has 1 aliphatic rings. The SMILES string of the molecule is C[C@@H](NC(=O)c1ccc2nccnc2n1)c1ccc(NC(=O)C2CC2)cc1. The van der Waals surface area contributed by atoms with Gasteiger partial charge in [-0.2, -0.15) is 0 Å². The highest BCUT2D eigenvalue weighted by molar-refractivity contribution is 5.95. The molecule has 0 aliphatic heterocycles. The monoisotopic (exact) mass is 361 g/mol. The molecule has 136 valence electrons. The van der Waals surface area contributed by atoms with E-state index in [0.29, 0.717) is 16.9 Å². The average Bonchev–Trinajstić information content (AvgIpc) is 3.53. The smallest absolute Gasteiger partial charge is 0.270 e. The van der Waals surface area contributed by atoms with Crippen LogP contribution in [-0.2, 0) is 4.79 Å². The van der Waals surface area contributed by atoms with Gasteiger partial charge in [0, 0.05) is 24.0 Å². The van der Waals surface area contributed by atoms with Crippen molar-refractivity contribution in [3.8, 4) is 0 Å². The van der Waals surface area contributed by atoms with E-state index in [2.05, 4.69) is 25.6 Å². The molecular weight excluding hydrogens is 342 g/mol. The molecule has 2 aromatic heterocycles. The van der Waals surface area contributed by atoms with E-state index in [-0.39, 0.29) is 23.8 Å². The van der Waals surface area contributed by atoms with Crippen LogP contribution in [0.1, 0.15) is 41.9 Å². The number of rotatable bonds is 5. The number of nitrogens with one attached hydrogen (secondary N) is 2. The summed E-state index contributed by atoms with van der Waals surface area (Å²) in [6, 6.07) is 10.6. The van der Waals surface area contributed by atoms with Gasteiger partial charge in [0.15, 0.2) is 5.65 Å². The summed E-state index contributed by atoms with van der Waals surface area (Å²) in [7, 11) is 0. The Bertz CT molecular complexity index is 999. The minimum absolute atomic E-state index is 0.0783. The normalized spacial score (nSPS) is 14.6. The van der Waals surface area contributed by atoms with Gasteiger partial charge in [0.25, 0.3) is 5.91 Å². The van der Waals surface area contributed by atoms with Crippen molar-refractivity contribution < 1.29 is 9.59 Å². The van der Waals surface area contributed by atoms with Gasteiger partial charge in [-0.1, -0.05) is 12.1 Å². The Morgan fingerprint density at radius 3 is 2.52 bits per heavy atom. The van der Waals surface area contributed by atoms with Crippen LogP contribution >= 0.6 is 0 Å². The summed E-state index contributed by atoms with van der Waals surface area (Å²) in [4.78, 5) is 36.8. The third-order valence-electron chi connectivity index (χ3n) is 4.54. The zero-order valence-corrected chi connectivity index (χ0v) is 14.8. The van der Waals surface area contributed by atoms with Crippen LogP contribution in [0.25, 0.3) is 11.2 Å². The van der Waals surface area contributed by atoms with Gasteiger partial charge in [0.2, 0.25) is 5.91 Å². The predicted octanol–water partition coefficient (Wildman–Crippen LogP) is 2.86. The van der Waals surface area contributed by atoms with E-state index in [9.17, 15) is 9.59 Å². The highest BCUT2D eigenvalue weighted by atomic mass is 16.2. The van der Waals surface area contributed by atoms with Crippen molar-refractivity contribution >= 4 is 28.7 Å². The van der Waals surface area contributed by atoms with E-state index in [1.54, 1.807) is 24.5 Å². The second-order valence-electron chi connectivity index (χ2n) is 6.68. The summed E-state index contributed by atoms with van der Waals surface area (Å²) in [6.45, 7) is 1.90. The minimum Gasteiger partial charge on any atom is -0.344 e. The Hall–Kier alpha value is -3.35. The Balaban J connectivity index is 1.41. The molecule has 0 bridgehead atoms. The quantitative estimate of drug-likeness (QED) is 0.728. The fraction of sp³-hybridized carbons (Fsp3) is 0.250. The lowest BCUT2D eigenvalue weighted by atomic mass is 10.1. The lowest BCUT2D eigenvalue weighted by molar-refractivity contribution is -0.117. The summed E-state index contributed by atoms with van der Waals surface area (Å²) in [5.41, 5.74) is 3.08. The van der Waals surface area contributed by atoms with E-state index in [0.717, 1.165) is 24.1 Å². The largest absolute Gasteiger partial charge is 0.344 e. The van der Waals surface area contributed by atoms with Crippen molar-refractivity contribution in [2.45, 2.75) is 25.8 Å². The van der Waals surface area contributed by atoms with Crippen LogP contribution in [0.4, 0.5) is 5.69 Å². The van der Waals surface area contributed by atoms with Crippen LogP contribution in [0.3, 0.4) is 0 Å². The molecule has 0 radical (unpaired) electrons. The molecule has 1 atom stereocenters. The van der Waals surface area contributed by atoms with Gasteiger partial charge in [-0.25, -0.2) is 9.97 Å². The molecule has 0 saturated heterocycles. The molecule has 1 aliphatic carbocycles. The van der Waals surface area contributed by atoms with Crippen LogP contribution in [-0.4, -0.2) is 26.8 Å². The van der Waals surface area contributed by atoms with E-state index in [1.807, 2.05) is 31.2 Å². The van der Waals surface area contributed by atoms with Gasteiger partial charge >= 0.3 is 0 Å². The van der Waals surface area contributed by atoms with E-state index in [4.69, 9.17) is 0 Å². The highest BCUT2D eigenvalue weighted by Crippen LogP contribution is 2.30. The molecular formula is C20H19N5O2. The van der Waals surface area contributed by atoms with Crippen LogP contribution in [0, 0.1) is 5.92 Å². The summed E-state index contributed by atoms with van der Waals surface area (Å²) >= 11 is 0. The van der Waals surface area contributed by atoms with Gasteiger partial charge in [0.1, 0.15) is 11.2 Å². The molecule has 1 saturated carbocycles. The first kappa shape index (κ1) is 17.1. The van der Waals surface area contributed by atoms with Gasteiger partial charge in [-0.3, -0.25) is 14.6 Å². The number of benzene rings is 1.